The number of ether oxygens (including phenoxy) is 1. The van der Waals surface area contributed by atoms with Crippen molar-refractivity contribution >= 4 is 23.3 Å². The Bertz CT molecular complexity index is 617. The molecule has 2 aromatic rings. The zero-order chi connectivity index (χ0) is 16.7. The molecule has 0 fully saturated rings. The van der Waals surface area contributed by atoms with E-state index in [1.54, 1.807) is 6.20 Å². The number of hydrogen-bond donors (Lipinski definition) is 3. The molecule has 0 aliphatic carbocycles. The number of aromatic nitrogens is 2. The quantitative estimate of drug-likeness (QED) is 0.449. The molecule has 8 heteroatoms. The summed E-state index contributed by atoms with van der Waals surface area (Å²) >= 11 is 0. The van der Waals surface area contributed by atoms with Crippen LogP contribution in [0.3, 0.4) is 0 Å². The Labute approximate surface area is 139 Å². The predicted molar refractivity (Wildman–Crippen MR) is 94.6 cm³/mol. The van der Waals surface area contributed by atoms with Gasteiger partial charge in [-0.3, -0.25) is 0 Å². The summed E-state index contributed by atoms with van der Waals surface area (Å²) in [5, 5.41) is 8.58. The Morgan fingerprint density at radius 2 is 2.04 bits per heavy atom. The highest BCUT2D eigenvalue weighted by atomic mass is 31.1. The molecular weight excluding hydrogens is 334 g/mol. The van der Waals surface area contributed by atoms with Crippen molar-refractivity contribution < 1.29 is 19.6 Å². The lowest BCUT2D eigenvalue weighted by Crippen LogP contribution is -2.20. The molecule has 0 amide bonds. The summed E-state index contributed by atoms with van der Waals surface area (Å²) in [7, 11) is -1.48. The Morgan fingerprint density at radius 3 is 2.74 bits per heavy atom. The van der Waals surface area contributed by atoms with Crippen molar-refractivity contribution in [2.75, 3.05) is 6.61 Å². The normalized spacial score (nSPS) is 15.1. The molecule has 2 atom stereocenters. The van der Waals surface area contributed by atoms with Crippen LogP contribution in [-0.4, -0.2) is 36.0 Å². The zero-order valence-corrected chi connectivity index (χ0v) is 15.2. The molecular formula is C15H24N2O4P2. The monoisotopic (exact) mass is 358 g/mol. The second kappa shape index (κ2) is 8.91. The van der Waals surface area contributed by atoms with Gasteiger partial charge in [-0.1, -0.05) is 26.2 Å². The molecule has 128 valence electrons. The summed E-state index contributed by atoms with van der Waals surface area (Å²) in [4.78, 5) is 22.8. The minimum atomic E-state index is -1.48. The van der Waals surface area contributed by atoms with Gasteiger partial charge in [0.15, 0.2) is 5.08 Å². The van der Waals surface area contributed by atoms with Crippen molar-refractivity contribution in [2.45, 2.75) is 44.1 Å². The molecule has 3 N–H and O–H groups in total. The van der Waals surface area contributed by atoms with E-state index < -0.39 is 22.7 Å². The van der Waals surface area contributed by atoms with Gasteiger partial charge in [0, 0.05) is 30.6 Å². The number of rotatable bonds is 10. The number of unbranched alkanes of at least 4 members (excludes halogenated alkanes) is 3. The predicted octanol–water partition coefficient (Wildman–Crippen LogP) is 2.65. The van der Waals surface area contributed by atoms with Gasteiger partial charge in [0.05, 0.1) is 24.2 Å². The standard InChI is InChI=1S/C15H24N2O4P2/c1-2-3-4-5-8-21-13-6-7-17-12(11-16-14(17)9-13)10-15(18,22-19)23-20/h6-7,9,11,18-20,22-23H,2-5,8,10H2,1H3. The molecule has 0 aliphatic heterocycles. The molecule has 0 aliphatic rings. The lowest BCUT2D eigenvalue weighted by Gasteiger charge is -2.21. The maximum Gasteiger partial charge on any atom is 0.151 e. The summed E-state index contributed by atoms with van der Waals surface area (Å²) in [5.74, 6) is 0.773. The second-order valence-electron chi connectivity index (χ2n) is 5.51. The molecule has 2 heterocycles. The Balaban J connectivity index is 2.02. The first-order valence-corrected chi connectivity index (χ1v) is 9.65. The molecule has 23 heavy (non-hydrogen) atoms. The molecule has 2 aromatic heterocycles. The van der Waals surface area contributed by atoms with Crippen LogP contribution >= 0.6 is 17.6 Å². The number of hydrogen-bond acceptors (Lipinski definition) is 5. The first-order valence-electron chi connectivity index (χ1n) is 7.75. The summed E-state index contributed by atoms with van der Waals surface area (Å²) < 4.78 is 7.56. The number of fused-ring (bicyclic) bond motifs is 1. The van der Waals surface area contributed by atoms with Crippen molar-refractivity contribution in [1.29, 1.82) is 0 Å². The average molecular weight is 358 g/mol. The SMILES string of the molecule is CCCCCCOc1ccn2c(CC(O)(PO)PO)cnc2c1. The number of imidazole rings is 1. The second-order valence-corrected chi connectivity index (χ2v) is 8.11. The lowest BCUT2D eigenvalue weighted by atomic mass is 10.2. The Hall–Kier alpha value is -0.770. The first-order chi connectivity index (χ1) is 11.1. The van der Waals surface area contributed by atoms with Crippen LogP contribution in [0.25, 0.3) is 5.65 Å². The fourth-order valence-electron chi connectivity index (χ4n) is 2.32. The van der Waals surface area contributed by atoms with Crippen LogP contribution in [-0.2, 0) is 6.42 Å². The molecule has 2 unspecified atom stereocenters. The van der Waals surface area contributed by atoms with Gasteiger partial charge in [-0.05, 0) is 12.5 Å². The zero-order valence-electron chi connectivity index (χ0n) is 13.2. The van der Waals surface area contributed by atoms with Crippen LogP contribution in [0.1, 0.15) is 38.3 Å². The minimum absolute atomic E-state index is 0.148. The van der Waals surface area contributed by atoms with E-state index in [1.165, 1.54) is 19.3 Å². The molecule has 2 rings (SSSR count). The third-order valence-corrected chi connectivity index (χ3v) is 5.40. The van der Waals surface area contributed by atoms with E-state index in [0.29, 0.717) is 6.61 Å². The van der Waals surface area contributed by atoms with E-state index in [2.05, 4.69) is 11.9 Å². The molecule has 6 nitrogen and oxygen atoms in total. The summed E-state index contributed by atoms with van der Waals surface area (Å²) in [6, 6.07) is 3.71. The van der Waals surface area contributed by atoms with Crippen LogP contribution in [0.5, 0.6) is 5.75 Å². The van der Waals surface area contributed by atoms with Gasteiger partial charge in [-0.25, -0.2) is 4.98 Å². The van der Waals surface area contributed by atoms with Gasteiger partial charge in [-0.15, -0.1) is 0 Å². The first kappa shape index (κ1) is 18.6. The molecule has 0 saturated carbocycles. The van der Waals surface area contributed by atoms with Crippen molar-refractivity contribution in [3.8, 4) is 5.75 Å². The highest BCUT2D eigenvalue weighted by Gasteiger charge is 2.28. The van der Waals surface area contributed by atoms with Crippen LogP contribution in [0.15, 0.2) is 24.5 Å². The fourth-order valence-corrected chi connectivity index (χ4v) is 3.04. The van der Waals surface area contributed by atoms with Gasteiger partial charge in [0.2, 0.25) is 0 Å². The summed E-state index contributed by atoms with van der Waals surface area (Å²) in [6.07, 6.45) is 8.28. The largest absolute Gasteiger partial charge is 0.493 e. The maximum absolute atomic E-state index is 10.1. The van der Waals surface area contributed by atoms with Crippen LogP contribution < -0.4 is 4.74 Å². The third kappa shape index (κ3) is 5.10. The topological polar surface area (TPSA) is 87.2 Å². The van der Waals surface area contributed by atoms with Crippen LogP contribution in [0, 0.1) is 0 Å². The Morgan fingerprint density at radius 1 is 1.26 bits per heavy atom. The van der Waals surface area contributed by atoms with E-state index in [0.717, 1.165) is 23.5 Å². The van der Waals surface area contributed by atoms with E-state index in [9.17, 15) is 14.9 Å². The number of aliphatic hydroxyl groups is 1. The lowest BCUT2D eigenvalue weighted by molar-refractivity contribution is 0.204. The van der Waals surface area contributed by atoms with Crippen molar-refractivity contribution in [1.82, 2.24) is 9.38 Å². The molecule has 0 aromatic carbocycles. The van der Waals surface area contributed by atoms with Gasteiger partial charge >= 0.3 is 0 Å². The molecule has 0 bridgehead atoms. The van der Waals surface area contributed by atoms with E-state index in [-0.39, 0.29) is 6.42 Å². The minimum Gasteiger partial charge on any atom is -0.493 e. The Kier molecular flexibility index (Phi) is 7.19. The average Bonchev–Trinajstić information content (AvgIpc) is 2.96. The molecule has 0 radical (unpaired) electrons. The highest BCUT2D eigenvalue weighted by Crippen LogP contribution is 2.42. The summed E-state index contributed by atoms with van der Waals surface area (Å²) in [5.41, 5.74) is 1.45. The van der Waals surface area contributed by atoms with Gasteiger partial charge in [0.25, 0.3) is 0 Å². The van der Waals surface area contributed by atoms with E-state index >= 15 is 0 Å². The van der Waals surface area contributed by atoms with Gasteiger partial charge in [-0.2, -0.15) is 0 Å². The maximum atomic E-state index is 10.1. The van der Waals surface area contributed by atoms with Crippen molar-refractivity contribution in [3.05, 3.63) is 30.2 Å². The highest BCUT2D eigenvalue weighted by molar-refractivity contribution is 7.52. The molecule has 0 saturated heterocycles. The van der Waals surface area contributed by atoms with Crippen LogP contribution in [0.2, 0.25) is 0 Å². The fraction of sp³-hybridized carbons (Fsp3) is 0.533. The van der Waals surface area contributed by atoms with Gasteiger partial charge < -0.3 is 24.0 Å². The van der Waals surface area contributed by atoms with Gasteiger partial charge in [0.1, 0.15) is 11.4 Å². The van der Waals surface area contributed by atoms with Crippen LogP contribution in [0.4, 0.5) is 0 Å². The number of pyridine rings is 1. The van der Waals surface area contributed by atoms with Crippen molar-refractivity contribution in [3.63, 3.8) is 0 Å². The van der Waals surface area contributed by atoms with E-state index in [1.807, 2.05) is 22.7 Å². The molecule has 0 spiro atoms. The van der Waals surface area contributed by atoms with Crippen molar-refractivity contribution in [2.24, 2.45) is 0 Å². The van der Waals surface area contributed by atoms with E-state index in [4.69, 9.17) is 4.74 Å². The smallest absolute Gasteiger partial charge is 0.151 e. The summed E-state index contributed by atoms with van der Waals surface area (Å²) in [6.45, 7) is 2.88. The third-order valence-electron chi connectivity index (χ3n) is 3.63. The number of nitrogens with zero attached hydrogens (tertiary/aromatic N) is 2.